The number of hydrogen-bond donors (Lipinski definition) is 1. The highest BCUT2D eigenvalue weighted by molar-refractivity contribution is 6.32. The summed E-state index contributed by atoms with van der Waals surface area (Å²) in [6.07, 6.45) is 1.54. The zero-order chi connectivity index (χ0) is 14.5. The van der Waals surface area contributed by atoms with Crippen LogP contribution in [0.4, 0.5) is 5.69 Å². The molecule has 0 aliphatic heterocycles. The number of aromatic nitrogens is 2. The number of benzene rings is 1. The van der Waals surface area contributed by atoms with E-state index in [2.05, 4.69) is 10.4 Å². The molecule has 6 heteroatoms. The van der Waals surface area contributed by atoms with E-state index in [9.17, 15) is 4.79 Å². The Hall–Kier alpha value is -1.85. The van der Waals surface area contributed by atoms with Gasteiger partial charge in [-0.2, -0.15) is 9.78 Å². The molecule has 1 atom stereocenters. The van der Waals surface area contributed by atoms with E-state index in [4.69, 9.17) is 16.3 Å². The van der Waals surface area contributed by atoms with Crippen molar-refractivity contribution in [3.63, 3.8) is 0 Å². The Balaban J connectivity index is 2.33. The first-order valence-corrected chi connectivity index (χ1v) is 6.60. The molecule has 106 valence electrons. The summed E-state index contributed by atoms with van der Waals surface area (Å²) in [6.45, 7) is 2.45. The van der Waals surface area contributed by atoms with E-state index in [0.717, 1.165) is 0 Å². The largest absolute Gasteiger partial charge is 0.383 e. The SMILES string of the molecule is COC[C@@H](C)Nc1cnn(-c2ccccc2)c(=O)c1Cl. The molecule has 2 aromatic rings. The third kappa shape index (κ3) is 3.18. The van der Waals surface area contributed by atoms with Crippen LogP contribution in [0.2, 0.25) is 5.02 Å². The molecule has 0 bridgehead atoms. The Morgan fingerprint density at radius 1 is 1.40 bits per heavy atom. The first kappa shape index (κ1) is 14.6. The molecule has 5 nitrogen and oxygen atoms in total. The molecule has 0 aliphatic carbocycles. The molecule has 0 fully saturated rings. The van der Waals surface area contributed by atoms with E-state index in [1.807, 2.05) is 25.1 Å². The van der Waals surface area contributed by atoms with Crippen LogP contribution in [-0.2, 0) is 4.74 Å². The number of methoxy groups -OCH3 is 1. The van der Waals surface area contributed by atoms with Crippen LogP contribution in [0.3, 0.4) is 0 Å². The summed E-state index contributed by atoms with van der Waals surface area (Å²) < 4.78 is 6.30. The molecular formula is C14H16ClN3O2. The lowest BCUT2D eigenvalue weighted by molar-refractivity contribution is 0.190. The number of rotatable bonds is 5. The van der Waals surface area contributed by atoms with Gasteiger partial charge in [0, 0.05) is 13.2 Å². The summed E-state index contributed by atoms with van der Waals surface area (Å²) in [6, 6.07) is 9.18. The van der Waals surface area contributed by atoms with Gasteiger partial charge in [0.1, 0.15) is 5.02 Å². The molecule has 0 unspecified atom stereocenters. The second kappa shape index (κ2) is 6.54. The third-order valence-electron chi connectivity index (χ3n) is 2.74. The monoisotopic (exact) mass is 293 g/mol. The second-order valence-electron chi connectivity index (χ2n) is 4.43. The standard InChI is InChI=1S/C14H16ClN3O2/c1-10(9-20-2)17-12-8-16-18(14(19)13(12)15)11-6-4-3-5-7-11/h3-8,10,17H,9H2,1-2H3/t10-/m1/s1. The summed E-state index contributed by atoms with van der Waals surface area (Å²) in [5.74, 6) is 0. The normalized spacial score (nSPS) is 12.2. The van der Waals surface area contributed by atoms with Gasteiger partial charge in [-0.1, -0.05) is 29.8 Å². The van der Waals surface area contributed by atoms with Gasteiger partial charge in [0.15, 0.2) is 0 Å². The maximum atomic E-state index is 12.2. The van der Waals surface area contributed by atoms with E-state index in [0.29, 0.717) is 18.0 Å². The van der Waals surface area contributed by atoms with Crippen molar-refractivity contribution < 1.29 is 4.74 Å². The van der Waals surface area contributed by atoms with Crippen LogP contribution in [-0.4, -0.2) is 29.5 Å². The fourth-order valence-electron chi connectivity index (χ4n) is 1.84. The van der Waals surface area contributed by atoms with Gasteiger partial charge in [0.25, 0.3) is 5.56 Å². The van der Waals surface area contributed by atoms with Crippen LogP contribution in [0.25, 0.3) is 5.69 Å². The van der Waals surface area contributed by atoms with E-state index >= 15 is 0 Å². The number of anilines is 1. The highest BCUT2D eigenvalue weighted by Crippen LogP contribution is 2.17. The predicted octanol–water partition coefficient (Wildman–Crippen LogP) is 2.33. The van der Waals surface area contributed by atoms with Gasteiger partial charge in [0.2, 0.25) is 0 Å². The average molecular weight is 294 g/mol. The molecule has 0 radical (unpaired) electrons. The minimum Gasteiger partial charge on any atom is -0.383 e. The molecular weight excluding hydrogens is 278 g/mol. The molecule has 1 N–H and O–H groups in total. The van der Waals surface area contributed by atoms with Crippen molar-refractivity contribution in [2.24, 2.45) is 0 Å². The van der Waals surface area contributed by atoms with Crippen molar-refractivity contribution in [1.29, 1.82) is 0 Å². The maximum absolute atomic E-state index is 12.2. The number of nitrogens with zero attached hydrogens (tertiary/aromatic N) is 2. The Morgan fingerprint density at radius 2 is 2.10 bits per heavy atom. The number of hydrogen-bond acceptors (Lipinski definition) is 4. The van der Waals surface area contributed by atoms with Gasteiger partial charge in [-0.05, 0) is 19.1 Å². The average Bonchev–Trinajstić information content (AvgIpc) is 2.45. The summed E-state index contributed by atoms with van der Waals surface area (Å²) >= 11 is 6.12. The molecule has 2 rings (SSSR count). The minimum atomic E-state index is -0.354. The zero-order valence-electron chi connectivity index (χ0n) is 11.3. The summed E-state index contributed by atoms with van der Waals surface area (Å²) in [7, 11) is 1.62. The number of ether oxygens (including phenoxy) is 1. The molecule has 1 heterocycles. The van der Waals surface area contributed by atoms with Crippen molar-refractivity contribution in [2.45, 2.75) is 13.0 Å². The highest BCUT2D eigenvalue weighted by Gasteiger charge is 2.12. The van der Waals surface area contributed by atoms with E-state index in [-0.39, 0.29) is 16.6 Å². The maximum Gasteiger partial charge on any atom is 0.292 e. The van der Waals surface area contributed by atoms with E-state index in [1.165, 1.54) is 4.68 Å². The van der Waals surface area contributed by atoms with Gasteiger partial charge < -0.3 is 10.1 Å². The van der Waals surface area contributed by atoms with Gasteiger partial charge in [-0.15, -0.1) is 0 Å². The van der Waals surface area contributed by atoms with Crippen molar-refractivity contribution >= 4 is 17.3 Å². The molecule has 0 aliphatic rings. The predicted molar refractivity (Wildman–Crippen MR) is 79.8 cm³/mol. The highest BCUT2D eigenvalue weighted by atomic mass is 35.5. The topological polar surface area (TPSA) is 56.1 Å². The van der Waals surface area contributed by atoms with Crippen LogP contribution >= 0.6 is 11.6 Å². The first-order valence-electron chi connectivity index (χ1n) is 6.22. The molecule has 1 aromatic carbocycles. The van der Waals surface area contributed by atoms with Crippen LogP contribution in [0.15, 0.2) is 41.3 Å². The number of halogens is 1. The fraction of sp³-hybridized carbons (Fsp3) is 0.286. The van der Waals surface area contributed by atoms with E-state index < -0.39 is 0 Å². The number of para-hydroxylation sites is 1. The molecule has 0 saturated heterocycles. The van der Waals surface area contributed by atoms with Crippen LogP contribution < -0.4 is 10.9 Å². The van der Waals surface area contributed by atoms with Gasteiger partial charge in [0.05, 0.1) is 24.2 Å². The lowest BCUT2D eigenvalue weighted by Gasteiger charge is -2.15. The third-order valence-corrected chi connectivity index (χ3v) is 3.10. The van der Waals surface area contributed by atoms with Gasteiger partial charge in [-0.3, -0.25) is 4.79 Å². The number of nitrogens with one attached hydrogen (secondary N) is 1. The lowest BCUT2D eigenvalue weighted by atomic mass is 10.3. The Bertz CT molecular complexity index is 628. The Labute approximate surface area is 122 Å². The summed E-state index contributed by atoms with van der Waals surface area (Å²) in [5.41, 5.74) is 0.830. The second-order valence-corrected chi connectivity index (χ2v) is 4.80. The molecule has 20 heavy (non-hydrogen) atoms. The molecule has 0 amide bonds. The van der Waals surface area contributed by atoms with Crippen molar-refractivity contribution in [1.82, 2.24) is 9.78 Å². The summed E-state index contributed by atoms with van der Waals surface area (Å²) in [4.78, 5) is 12.2. The van der Waals surface area contributed by atoms with Crippen LogP contribution in [0.5, 0.6) is 0 Å². The zero-order valence-corrected chi connectivity index (χ0v) is 12.1. The quantitative estimate of drug-likeness (QED) is 0.919. The molecule has 1 aromatic heterocycles. The molecule has 0 spiro atoms. The fourth-order valence-corrected chi connectivity index (χ4v) is 2.03. The van der Waals surface area contributed by atoms with Crippen molar-refractivity contribution in [3.05, 3.63) is 51.9 Å². The minimum absolute atomic E-state index is 0.0336. The lowest BCUT2D eigenvalue weighted by Crippen LogP contribution is -2.26. The van der Waals surface area contributed by atoms with Crippen molar-refractivity contribution in [3.8, 4) is 5.69 Å². The van der Waals surface area contributed by atoms with Gasteiger partial charge in [-0.25, -0.2) is 0 Å². The van der Waals surface area contributed by atoms with Crippen LogP contribution in [0.1, 0.15) is 6.92 Å². The molecule has 0 saturated carbocycles. The van der Waals surface area contributed by atoms with E-state index in [1.54, 1.807) is 25.4 Å². The van der Waals surface area contributed by atoms with Crippen LogP contribution in [0, 0.1) is 0 Å². The van der Waals surface area contributed by atoms with Gasteiger partial charge >= 0.3 is 0 Å². The Morgan fingerprint density at radius 3 is 2.75 bits per heavy atom. The smallest absolute Gasteiger partial charge is 0.292 e. The first-order chi connectivity index (χ1) is 9.63. The van der Waals surface area contributed by atoms with Crippen molar-refractivity contribution in [2.75, 3.05) is 19.0 Å². The Kier molecular flexibility index (Phi) is 4.76. The summed E-state index contributed by atoms with van der Waals surface area (Å²) in [5, 5.41) is 7.35.